The Morgan fingerprint density at radius 3 is 3.00 bits per heavy atom. The van der Waals surface area contributed by atoms with Crippen LogP contribution < -0.4 is 10.5 Å². The molecule has 2 aromatic heterocycles. The van der Waals surface area contributed by atoms with Crippen molar-refractivity contribution in [2.45, 2.75) is 6.42 Å². The quantitative estimate of drug-likeness (QED) is 0.943. The predicted molar refractivity (Wildman–Crippen MR) is 69.9 cm³/mol. The first-order valence-corrected chi connectivity index (χ1v) is 6.49. The summed E-state index contributed by atoms with van der Waals surface area (Å²) in [6.07, 6.45) is 4.16. The minimum Gasteiger partial charge on any atom is -0.490 e. The van der Waals surface area contributed by atoms with E-state index in [0.29, 0.717) is 18.0 Å². The maximum atomic E-state index is 5.77. The van der Waals surface area contributed by atoms with Crippen molar-refractivity contribution < 1.29 is 4.74 Å². The van der Waals surface area contributed by atoms with Crippen LogP contribution in [0.4, 0.5) is 5.69 Å². The Balaban J connectivity index is 1.95. The Hall–Kier alpha value is -1.07. The van der Waals surface area contributed by atoms with Gasteiger partial charge in [-0.1, -0.05) is 6.07 Å². The van der Waals surface area contributed by atoms with Crippen LogP contribution in [0.1, 0.15) is 4.88 Å². The largest absolute Gasteiger partial charge is 0.490 e. The van der Waals surface area contributed by atoms with Crippen molar-refractivity contribution in [2.75, 3.05) is 12.3 Å². The number of anilines is 1. The molecule has 0 saturated carbocycles. The first-order chi connectivity index (χ1) is 7.77. The SMILES string of the molecule is Nc1cncc(Br)c1OCCc1cccs1. The molecular weight excluding hydrogens is 288 g/mol. The molecule has 0 amide bonds. The highest BCUT2D eigenvalue weighted by Crippen LogP contribution is 2.29. The van der Waals surface area contributed by atoms with E-state index in [1.807, 2.05) is 6.07 Å². The number of nitrogens with zero attached hydrogens (tertiary/aromatic N) is 1. The second-order valence-electron chi connectivity index (χ2n) is 3.22. The van der Waals surface area contributed by atoms with Gasteiger partial charge in [-0.15, -0.1) is 11.3 Å². The lowest BCUT2D eigenvalue weighted by Crippen LogP contribution is -2.03. The summed E-state index contributed by atoms with van der Waals surface area (Å²) in [6, 6.07) is 4.13. The summed E-state index contributed by atoms with van der Waals surface area (Å²) >= 11 is 5.09. The van der Waals surface area contributed by atoms with Gasteiger partial charge in [-0.3, -0.25) is 4.98 Å². The van der Waals surface area contributed by atoms with E-state index in [2.05, 4.69) is 32.4 Å². The summed E-state index contributed by atoms with van der Waals surface area (Å²) in [4.78, 5) is 5.26. The highest BCUT2D eigenvalue weighted by atomic mass is 79.9. The van der Waals surface area contributed by atoms with E-state index in [9.17, 15) is 0 Å². The molecule has 0 aliphatic carbocycles. The normalized spacial score (nSPS) is 10.3. The topological polar surface area (TPSA) is 48.1 Å². The first kappa shape index (κ1) is 11.4. The van der Waals surface area contributed by atoms with E-state index in [1.165, 1.54) is 4.88 Å². The molecule has 0 spiro atoms. The number of rotatable bonds is 4. The zero-order valence-electron chi connectivity index (χ0n) is 8.52. The minimum atomic E-state index is 0.556. The van der Waals surface area contributed by atoms with Gasteiger partial charge in [0.2, 0.25) is 0 Å². The van der Waals surface area contributed by atoms with Crippen LogP contribution in [-0.4, -0.2) is 11.6 Å². The highest BCUT2D eigenvalue weighted by Gasteiger charge is 2.05. The molecule has 0 atom stereocenters. The van der Waals surface area contributed by atoms with Gasteiger partial charge >= 0.3 is 0 Å². The summed E-state index contributed by atoms with van der Waals surface area (Å²) in [5.74, 6) is 0.673. The second-order valence-corrected chi connectivity index (χ2v) is 5.10. The molecule has 0 bridgehead atoms. The molecule has 0 unspecified atom stereocenters. The fraction of sp³-hybridized carbons (Fsp3) is 0.182. The molecule has 5 heteroatoms. The van der Waals surface area contributed by atoms with Gasteiger partial charge in [0.1, 0.15) is 0 Å². The lowest BCUT2D eigenvalue weighted by atomic mass is 10.3. The van der Waals surface area contributed by atoms with E-state index in [-0.39, 0.29) is 0 Å². The maximum Gasteiger partial charge on any atom is 0.159 e. The number of thiophene rings is 1. The molecule has 3 nitrogen and oxygen atoms in total. The van der Waals surface area contributed by atoms with Gasteiger partial charge in [-0.2, -0.15) is 0 Å². The zero-order valence-corrected chi connectivity index (χ0v) is 10.9. The molecular formula is C11H11BrN2OS. The fourth-order valence-corrected chi connectivity index (χ4v) is 2.45. The zero-order chi connectivity index (χ0) is 11.4. The van der Waals surface area contributed by atoms with Crippen molar-refractivity contribution in [1.29, 1.82) is 0 Å². The van der Waals surface area contributed by atoms with Gasteiger partial charge in [-0.05, 0) is 27.4 Å². The van der Waals surface area contributed by atoms with Crippen molar-refractivity contribution in [3.05, 3.63) is 39.3 Å². The monoisotopic (exact) mass is 298 g/mol. The smallest absolute Gasteiger partial charge is 0.159 e. The van der Waals surface area contributed by atoms with Crippen molar-refractivity contribution in [1.82, 2.24) is 4.98 Å². The summed E-state index contributed by atoms with van der Waals surface area (Å²) in [6.45, 7) is 0.618. The van der Waals surface area contributed by atoms with Gasteiger partial charge in [-0.25, -0.2) is 0 Å². The average molecular weight is 299 g/mol. The van der Waals surface area contributed by atoms with Gasteiger partial charge in [0, 0.05) is 17.5 Å². The summed E-state index contributed by atoms with van der Waals surface area (Å²) in [5, 5.41) is 2.06. The van der Waals surface area contributed by atoms with Crippen molar-refractivity contribution in [3.8, 4) is 5.75 Å². The van der Waals surface area contributed by atoms with Gasteiger partial charge in [0.15, 0.2) is 5.75 Å². The Kier molecular flexibility index (Phi) is 3.79. The maximum absolute atomic E-state index is 5.77. The number of nitrogen functional groups attached to an aromatic ring is 1. The van der Waals surface area contributed by atoms with Crippen molar-refractivity contribution >= 4 is 33.0 Å². The van der Waals surface area contributed by atoms with Crippen LogP contribution in [-0.2, 0) is 6.42 Å². The van der Waals surface area contributed by atoms with Crippen LogP contribution in [0.15, 0.2) is 34.4 Å². The molecule has 0 radical (unpaired) electrons. The lowest BCUT2D eigenvalue weighted by Gasteiger charge is -2.09. The van der Waals surface area contributed by atoms with Crippen LogP contribution in [0.5, 0.6) is 5.75 Å². The molecule has 0 aliphatic rings. The molecule has 0 fully saturated rings. The van der Waals surface area contributed by atoms with Crippen molar-refractivity contribution in [2.24, 2.45) is 0 Å². The molecule has 2 N–H and O–H groups in total. The standard InChI is InChI=1S/C11H11BrN2OS/c12-9-6-14-7-10(13)11(9)15-4-3-8-2-1-5-16-8/h1-2,5-7H,3-4,13H2. The van der Waals surface area contributed by atoms with Crippen molar-refractivity contribution in [3.63, 3.8) is 0 Å². The van der Waals surface area contributed by atoms with Crippen LogP contribution in [0.2, 0.25) is 0 Å². The Morgan fingerprint density at radius 2 is 2.31 bits per heavy atom. The Morgan fingerprint density at radius 1 is 1.44 bits per heavy atom. The number of aromatic nitrogens is 1. The summed E-state index contributed by atoms with van der Waals surface area (Å²) < 4.78 is 6.43. The van der Waals surface area contributed by atoms with E-state index in [4.69, 9.17) is 10.5 Å². The average Bonchev–Trinajstić information content (AvgIpc) is 2.75. The van der Waals surface area contributed by atoms with Crippen LogP contribution in [0.25, 0.3) is 0 Å². The molecule has 16 heavy (non-hydrogen) atoms. The lowest BCUT2D eigenvalue weighted by molar-refractivity contribution is 0.322. The molecule has 2 rings (SSSR count). The molecule has 0 saturated heterocycles. The third-order valence-corrected chi connectivity index (χ3v) is 3.56. The molecule has 0 aromatic carbocycles. The fourth-order valence-electron chi connectivity index (χ4n) is 1.30. The predicted octanol–water partition coefficient (Wildman–Crippen LogP) is 3.11. The van der Waals surface area contributed by atoms with Crippen LogP contribution >= 0.6 is 27.3 Å². The van der Waals surface area contributed by atoms with Gasteiger partial charge in [0.25, 0.3) is 0 Å². The Bertz CT molecular complexity index is 439. The highest BCUT2D eigenvalue weighted by molar-refractivity contribution is 9.10. The number of hydrogen-bond donors (Lipinski definition) is 1. The second kappa shape index (κ2) is 5.32. The van der Waals surface area contributed by atoms with E-state index in [0.717, 1.165) is 10.9 Å². The number of ether oxygens (including phenoxy) is 1. The van der Waals surface area contributed by atoms with Gasteiger partial charge in [0.05, 0.1) is 23.0 Å². The molecule has 2 aromatic rings. The molecule has 0 aliphatic heterocycles. The minimum absolute atomic E-state index is 0.556. The number of pyridine rings is 1. The number of hydrogen-bond acceptors (Lipinski definition) is 4. The van der Waals surface area contributed by atoms with Crippen LogP contribution in [0.3, 0.4) is 0 Å². The molecule has 84 valence electrons. The Labute approximate surface area is 106 Å². The summed E-state index contributed by atoms with van der Waals surface area (Å²) in [5.41, 5.74) is 6.32. The molecule has 2 heterocycles. The third-order valence-electron chi connectivity index (χ3n) is 2.06. The third kappa shape index (κ3) is 2.74. The first-order valence-electron chi connectivity index (χ1n) is 4.81. The van der Waals surface area contributed by atoms with E-state index in [1.54, 1.807) is 23.7 Å². The van der Waals surface area contributed by atoms with E-state index < -0.39 is 0 Å². The van der Waals surface area contributed by atoms with E-state index >= 15 is 0 Å². The number of halogens is 1. The van der Waals surface area contributed by atoms with Gasteiger partial charge < -0.3 is 10.5 Å². The van der Waals surface area contributed by atoms with Crippen LogP contribution in [0, 0.1) is 0 Å². The summed E-state index contributed by atoms with van der Waals surface area (Å²) in [7, 11) is 0. The number of nitrogens with two attached hydrogens (primary N) is 1.